The van der Waals surface area contributed by atoms with Crippen LogP contribution in [-0.4, -0.2) is 17.9 Å². The van der Waals surface area contributed by atoms with Crippen LogP contribution in [0.1, 0.15) is 15.9 Å². The number of hydrogen-bond acceptors (Lipinski definition) is 4. The van der Waals surface area contributed by atoms with Crippen molar-refractivity contribution in [3.63, 3.8) is 0 Å². The molecule has 6 heteroatoms. The minimum absolute atomic E-state index is 0.124. The second-order valence-electron chi connectivity index (χ2n) is 3.74. The highest BCUT2D eigenvalue weighted by Crippen LogP contribution is 2.24. The molecule has 2 aromatic rings. The number of halogens is 2. The molecule has 0 bridgehead atoms. The second kappa shape index (κ2) is 5.36. The Hall–Kier alpha value is -1.95. The molecular weight excluding hydrogens is 315 g/mol. The number of carbonyl (C=O) groups is 1. The van der Waals surface area contributed by atoms with Gasteiger partial charge in [-0.15, -0.1) is 0 Å². The smallest absolute Gasteiger partial charge is 0.250 e. The van der Waals surface area contributed by atoms with E-state index in [0.717, 1.165) is 4.47 Å². The van der Waals surface area contributed by atoms with Crippen LogP contribution < -0.4 is 10.5 Å². The van der Waals surface area contributed by atoms with Gasteiger partial charge in [0.1, 0.15) is 0 Å². The molecule has 0 saturated heterocycles. The lowest BCUT2D eigenvalue weighted by atomic mass is 10.0. The fourth-order valence-electron chi connectivity index (χ4n) is 1.63. The molecule has 0 unspecified atom stereocenters. The molecule has 2 N–H and O–H groups in total. The Morgan fingerprint density at radius 1 is 1.37 bits per heavy atom. The van der Waals surface area contributed by atoms with Gasteiger partial charge in [-0.2, -0.15) is 0 Å². The molecule has 19 heavy (non-hydrogen) atoms. The van der Waals surface area contributed by atoms with Gasteiger partial charge in [0, 0.05) is 21.9 Å². The van der Waals surface area contributed by atoms with E-state index in [1.54, 1.807) is 12.1 Å². The third-order valence-electron chi connectivity index (χ3n) is 2.55. The summed E-state index contributed by atoms with van der Waals surface area (Å²) in [6.07, 6.45) is 1.31. The van der Waals surface area contributed by atoms with Gasteiger partial charge in [0.05, 0.1) is 12.7 Å². The van der Waals surface area contributed by atoms with Gasteiger partial charge in [0.2, 0.25) is 0 Å². The number of benzene rings is 1. The fraction of sp³-hybridized carbons (Fsp3) is 0.0769. The number of pyridine rings is 1. The van der Waals surface area contributed by atoms with Crippen LogP contribution in [-0.2, 0) is 0 Å². The first-order valence-corrected chi connectivity index (χ1v) is 6.12. The van der Waals surface area contributed by atoms with Gasteiger partial charge in [-0.05, 0) is 24.3 Å². The highest BCUT2D eigenvalue weighted by molar-refractivity contribution is 9.10. The van der Waals surface area contributed by atoms with Crippen molar-refractivity contribution >= 4 is 27.4 Å². The van der Waals surface area contributed by atoms with Crippen molar-refractivity contribution in [2.24, 2.45) is 0 Å². The number of anilines is 1. The first-order chi connectivity index (χ1) is 9.04. The summed E-state index contributed by atoms with van der Waals surface area (Å²) in [7, 11) is 1.29. The van der Waals surface area contributed by atoms with Crippen LogP contribution in [0.15, 0.2) is 34.9 Å². The molecule has 0 atom stereocenters. The van der Waals surface area contributed by atoms with E-state index in [1.807, 2.05) is 0 Å². The molecule has 4 nitrogen and oxygen atoms in total. The lowest BCUT2D eigenvalue weighted by Gasteiger charge is -2.08. The van der Waals surface area contributed by atoms with Crippen molar-refractivity contribution in [3.05, 3.63) is 51.9 Å². The third kappa shape index (κ3) is 2.58. The van der Waals surface area contributed by atoms with E-state index in [0.29, 0.717) is 0 Å². The van der Waals surface area contributed by atoms with Crippen molar-refractivity contribution < 1.29 is 13.9 Å². The number of rotatable bonds is 3. The number of nitrogen functional groups attached to an aromatic ring is 1. The molecular formula is C13H10BrFN2O2. The van der Waals surface area contributed by atoms with Gasteiger partial charge < -0.3 is 10.5 Å². The zero-order valence-corrected chi connectivity index (χ0v) is 11.6. The molecule has 0 fully saturated rings. The summed E-state index contributed by atoms with van der Waals surface area (Å²) in [5.74, 6) is -1.53. The molecule has 1 aromatic carbocycles. The first kappa shape index (κ1) is 13.5. The molecule has 2 rings (SSSR count). The third-order valence-corrected chi connectivity index (χ3v) is 3.05. The summed E-state index contributed by atoms with van der Waals surface area (Å²) in [6, 6.07) is 6.08. The molecule has 0 spiro atoms. The molecule has 0 aliphatic carbocycles. The monoisotopic (exact) mass is 324 g/mol. The zero-order chi connectivity index (χ0) is 14.0. The fourth-order valence-corrected chi connectivity index (χ4v) is 2.01. The summed E-state index contributed by atoms with van der Waals surface area (Å²) in [6.45, 7) is 0. The van der Waals surface area contributed by atoms with E-state index in [4.69, 9.17) is 10.5 Å². The Bertz CT molecular complexity index is 647. The maximum absolute atomic E-state index is 14.0. The SMILES string of the molecule is COc1nccc(C(=O)c2ccc(Br)cc2N)c1F. The molecule has 0 amide bonds. The normalized spacial score (nSPS) is 10.3. The number of hydrogen-bond donors (Lipinski definition) is 1. The average molecular weight is 325 g/mol. The van der Waals surface area contributed by atoms with Crippen molar-refractivity contribution in [3.8, 4) is 5.88 Å². The summed E-state index contributed by atoms with van der Waals surface area (Å²) < 4.78 is 19.5. The molecule has 0 radical (unpaired) electrons. The molecule has 0 saturated carbocycles. The van der Waals surface area contributed by atoms with E-state index >= 15 is 0 Å². The van der Waals surface area contributed by atoms with Gasteiger partial charge in [-0.3, -0.25) is 4.79 Å². The van der Waals surface area contributed by atoms with Gasteiger partial charge >= 0.3 is 0 Å². The van der Waals surface area contributed by atoms with Crippen molar-refractivity contribution in [1.82, 2.24) is 4.98 Å². The molecule has 1 heterocycles. The lowest BCUT2D eigenvalue weighted by Crippen LogP contribution is -2.09. The number of ether oxygens (including phenoxy) is 1. The van der Waals surface area contributed by atoms with E-state index in [-0.39, 0.29) is 22.7 Å². The Morgan fingerprint density at radius 3 is 2.74 bits per heavy atom. The van der Waals surface area contributed by atoms with Crippen LogP contribution in [0, 0.1) is 5.82 Å². The Kier molecular flexibility index (Phi) is 3.80. The minimum Gasteiger partial charge on any atom is -0.479 e. The summed E-state index contributed by atoms with van der Waals surface area (Å²) in [4.78, 5) is 15.9. The highest BCUT2D eigenvalue weighted by Gasteiger charge is 2.19. The van der Waals surface area contributed by atoms with Crippen LogP contribution in [0.25, 0.3) is 0 Å². The average Bonchev–Trinajstić information content (AvgIpc) is 2.38. The molecule has 98 valence electrons. The predicted molar refractivity (Wildman–Crippen MR) is 72.7 cm³/mol. The highest BCUT2D eigenvalue weighted by atomic mass is 79.9. The van der Waals surface area contributed by atoms with E-state index in [2.05, 4.69) is 20.9 Å². The number of ketones is 1. The minimum atomic E-state index is -0.794. The number of carbonyl (C=O) groups excluding carboxylic acids is 1. The number of methoxy groups -OCH3 is 1. The molecule has 1 aromatic heterocycles. The quantitative estimate of drug-likeness (QED) is 0.696. The largest absolute Gasteiger partial charge is 0.479 e. The number of nitrogens with zero attached hydrogens (tertiary/aromatic N) is 1. The Labute approximate surface area is 117 Å². The van der Waals surface area contributed by atoms with Crippen molar-refractivity contribution in [2.75, 3.05) is 12.8 Å². The van der Waals surface area contributed by atoms with Gasteiger partial charge in [0.25, 0.3) is 5.88 Å². The van der Waals surface area contributed by atoms with Crippen molar-refractivity contribution in [2.45, 2.75) is 0 Å². The Balaban J connectivity index is 2.50. The standard InChI is InChI=1S/C13H10BrFN2O2/c1-19-13-11(15)9(4-5-17-13)12(18)8-3-2-7(14)6-10(8)16/h2-6H,16H2,1H3. The summed E-state index contributed by atoms with van der Waals surface area (Å²) in [5.41, 5.74) is 6.14. The second-order valence-corrected chi connectivity index (χ2v) is 4.66. The van der Waals surface area contributed by atoms with Crippen LogP contribution in [0.3, 0.4) is 0 Å². The summed E-state index contributed by atoms with van der Waals surface area (Å²) >= 11 is 3.24. The maximum atomic E-state index is 14.0. The van der Waals surface area contributed by atoms with Gasteiger partial charge in [-0.25, -0.2) is 9.37 Å². The van der Waals surface area contributed by atoms with Crippen LogP contribution in [0.4, 0.5) is 10.1 Å². The topological polar surface area (TPSA) is 65.2 Å². The molecule has 0 aliphatic rings. The van der Waals surface area contributed by atoms with E-state index in [1.165, 1.54) is 25.4 Å². The van der Waals surface area contributed by atoms with Gasteiger partial charge in [-0.1, -0.05) is 15.9 Å². The van der Waals surface area contributed by atoms with Crippen LogP contribution >= 0.6 is 15.9 Å². The lowest BCUT2D eigenvalue weighted by molar-refractivity contribution is 0.103. The number of aromatic nitrogens is 1. The Morgan fingerprint density at radius 2 is 2.11 bits per heavy atom. The van der Waals surface area contributed by atoms with E-state index in [9.17, 15) is 9.18 Å². The number of nitrogens with two attached hydrogens (primary N) is 1. The van der Waals surface area contributed by atoms with Crippen LogP contribution in [0.2, 0.25) is 0 Å². The van der Waals surface area contributed by atoms with E-state index < -0.39 is 11.6 Å². The zero-order valence-electron chi connectivity index (χ0n) is 9.98. The van der Waals surface area contributed by atoms with Gasteiger partial charge in [0.15, 0.2) is 11.6 Å². The first-order valence-electron chi connectivity index (χ1n) is 5.32. The predicted octanol–water partition coefficient (Wildman–Crippen LogP) is 2.81. The molecule has 0 aliphatic heterocycles. The summed E-state index contributed by atoms with van der Waals surface area (Å²) in [5, 5.41) is 0. The van der Waals surface area contributed by atoms with Crippen LogP contribution in [0.5, 0.6) is 5.88 Å². The maximum Gasteiger partial charge on any atom is 0.250 e. The van der Waals surface area contributed by atoms with Crippen molar-refractivity contribution in [1.29, 1.82) is 0 Å².